The van der Waals surface area contributed by atoms with Crippen molar-refractivity contribution in [2.45, 2.75) is 51.2 Å². The molecule has 0 saturated heterocycles. The van der Waals surface area contributed by atoms with Crippen LogP contribution in [0.15, 0.2) is 34.9 Å². The quantitative estimate of drug-likeness (QED) is 0.900. The average molecular weight is 348 g/mol. The maximum Gasteiger partial charge on any atom is 0.235 e. The molecule has 0 saturated carbocycles. The van der Waals surface area contributed by atoms with Crippen molar-refractivity contribution >= 4 is 16.7 Å². The van der Waals surface area contributed by atoms with Gasteiger partial charge in [-0.2, -0.15) is 0 Å². The van der Waals surface area contributed by atoms with Crippen LogP contribution in [0.5, 0.6) is 0 Å². The molecule has 0 aliphatic rings. The summed E-state index contributed by atoms with van der Waals surface area (Å²) in [6, 6.07) is 7.83. The van der Waals surface area contributed by atoms with Gasteiger partial charge in [-0.3, -0.25) is 9.00 Å². The minimum absolute atomic E-state index is 0.189. The lowest BCUT2D eigenvalue weighted by Crippen LogP contribution is -2.46. The fraction of sp³-hybridized carbons (Fsp3) is 0.444. The number of hydrogen-bond donors (Lipinski definition) is 1. The maximum atomic E-state index is 12.4. The molecule has 24 heavy (non-hydrogen) atoms. The summed E-state index contributed by atoms with van der Waals surface area (Å²) in [5, 5.41) is 2.24. The minimum atomic E-state index is -1.36. The maximum absolute atomic E-state index is 12.4. The van der Waals surface area contributed by atoms with Crippen LogP contribution in [0.1, 0.15) is 39.0 Å². The number of benzene rings is 1. The number of aromatic nitrogens is 1. The van der Waals surface area contributed by atoms with Crippen molar-refractivity contribution in [2.75, 3.05) is 0 Å². The Morgan fingerprint density at radius 2 is 1.92 bits per heavy atom. The van der Waals surface area contributed by atoms with Crippen LogP contribution in [0.2, 0.25) is 0 Å². The Bertz CT molecular complexity index is 729. The van der Waals surface area contributed by atoms with Gasteiger partial charge in [0.05, 0.1) is 11.4 Å². The van der Waals surface area contributed by atoms with Crippen LogP contribution in [0.25, 0.3) is 11.5 Å². The fourth-order valence-corrected chi connectivity index (χ4v) is 3.04. The number of nitrogens with zero attached hydrogens (tertiary/aromatic N) is 1. The first-order chi connectivity index (χ1) is 11.2. The zero-order valence-electron chi connectivity index (χ0n) is 14.8. The number of oxazole rings is 1. The third-order valence-electron chi connectivity index (χ3n) is 3.40. The number of nitrogens with one attached hydrogen (secondary N) is 1. The van der Waals surface area contributed by atoms with Gasteiger partial charge in [-0.15, -0.1) is 0 Å². The first-order valence-corrected chi connectivity index (χ1v) is 9.24. The number of hydrogen-bond acceptors (Lipinski definition) is 4. The predicted octanol–water partition coefficient (Wildman–Crippen LogP) is 3.20. The third kappa shape index (κ3) is 5.03. The van der Waals surface area contributed by atoms with Crippen molar-refractivity contribution < 1.29 is 13.4 Å². The SMILES string of the molecule is Cc1ccc(-c2nc(C[S@@](=O)[C@H](C)C(=O)NC(C)(C)C)co2)cc1. The lowest BCUT2D eigenvalue weighted by molar-refractivity contribution is -0.121. The van der Waals surface area contributed by atoms with Gasteiger partial charge in [0.2, 0.25) is 11.8 Å². The van der Waals surface area contributed by atoms with Crippen LogP contribution in [-0.2, 0) is 21.3 Å². The van der Waals surface area contributed by atoms with Gasteiger partial charge in [-0.1, -0.05) is 17.7 Å². The molecule has 1 aromatic carbocycles. The Kier molecular flexibility index (Phi) is 5.59. The summed E-state index contributed by atoms with van der Waals surface area (Å²) >= 11 is 0. The van der Waals surface area contributed by atoms with Gasteiger partial charge in [-0.05, 0) is 46.8 Å². The van der Waals surface area contributed by atoms with Crippen molar-refractivity contribution in [3.8, 4) is 11.5 Å². The standard InChI is InChI=1S/C18H24N2O3S/c1-12-6-8-14(9-7-12)17-19-15(10-23-17)11-24(22)13(2)16(21)20-18(3,4)5/h6-10,13H,11H2,1-5H3,(H,20,21)/t13-,24-/m1/s1. The average Bonchev–Trinajstić information content (AvgIpc) is 2.93. The fourth-order valence-electron chi connectivity index (χ4n) is 2.06. The zero-order valence-corrected chi connectivity index (χ0v) is 15.6. The summed E-state index contributed by atoms with van der Waals surface area (Å²) in [5.41, 5.74) is 2.27. The van der Waals surface area contributed by atoms with Crippen LogP contribution < -0.4 is 5.32 Å². The van der Waals surface area contributed by atoms with E-state index in [1.54, 1.807) is 6.92 Å². The Labute approximate surface area is 145 Å². The topological polar surface area (TPSA) is 72.2 Å². The number of rotatable bonds is 5. The minimum Gasteiger partial charge on any atom is -0.444 e. The van der Waals surface area contributed by atoms with Crippen LogP contribution in [-0.4, -0.2) is 25.9 Å². The van der Waals surface area contributed by atoms with Crippen LogP contribution >= 0.6 is 0 Å². The molecule has 0 unspecified atom stereocenters. The van der Waals surface area contributed by atoms with Gasteiger partial charge in [0, 0.05) is 21.9 Å². The molecule has 1 heterocycles. The zero-order chi connectivity index (χ0) is 17.9. The van der Waals surface area contributed by atoms with E-state index in [4.69, 9.17) is 4.42 Å². The molecule has 0 spiro atoms. The van der Waals surface area contributed by atoms with Crippen molar-refractivity contribution in [1.29, 1.82) is 0 Å². The molecular formula is C18H24N2O3S. The van der Waals surface area contributed by atoms with Crippen LogP contribution in [0.3, 0.4) is 0 Å². The third-order valence-corrected chi connectivity index (χ3v) is 4.99. The monoisotopic (exact) mass is 348 g/mol. The predicted molar refractivity (Wildman–Crippen MR) is 95.9 cm³/mol. The molecule has 1 amide bonds. The number of aryl methyl sites for hydroxylation is 1. The number of carbonyl (C=O) groups excluding carboxylic acids is 1. The van der Waals surface area contributed by atoms with E-state index < -0.39 is 16.0 Å². The van der Waals surface area contributed by atoms with Gasteiger partial charge >= 0.3 is 0 Å². The molecule has 2 atom stereocenters. The molecule has 0 fully saturated rings. The molecule has 2 rings (SSSR count). The first-order valence-electron chi connectivity index (χ1n) is 7.86. The largest absolute Gasteiger partial charge is 0.444 e. The molecule has 0 aliphatic carbocycles. The molecule has 1 aromatic heterocycles. The summed E-state index contributed by atoms with van der Waals surface area (Å²) in [5.74, 6) is 0.463. The second-order valence-corrected chi connectivity index (χ2v) is 8.67. The van der Waals surface area contributed by atoms with Crippen molar-refractivity contribution in [3.05, 3.63) is 41.8 Å². The highest BCUT2D eigenvalue weighted by molar-refractivity contribution is 7.85. The van der Waals surface area contributed by atoms with Crippen LogP contribution in [0.4, 0.5) is 0 Å². The van der Waals surface area contributed by atoms with E-state index in [1.165, 1.54) is 6.26 Å². The van der Waals surface area contributed by atoms with E-state index in [-0.39, 0.29) is 17.2 Å². The normalized spacial score (nSPS) is 14.2. The molecule has 5 nitrogen and oxygen atoms in total. The van der Waals surface area contributed by atoms with Crippen LogP contribution in [0, 0.1) is 6.92 Å². The summed E-state index contributed by atoms with van der Waals surface area (Å²) in [4.78, 5) is 16.5. The molecule has 6 heteroatoms. The molecule has 0 aliphatic heterocycles. The molecular weight excluding hydrogens is 324 g/mol. The van der Waals surface area contributed by atoms with Gasteiger partial charge in [0.1, 0.15) is 11.5 Å². The Morgan fingerprint density at radius 1 is 1.29 bits per heavy atom. The van der Waals surface area contributed by atoms with Crippen molar-refractivity contribution in [3.63, 3.8) is 0 Å². The lowest BCUT2D eigenvalue weighted by Gasteiger charge is -2.22. The molecule has 2 aromatic rings. The molecule has 0 bridgehead atoms. The summed E-state index contributed by atoms with van der Waals surface area (Å²) in [6.07, 6.45) is 1.50. The van der Waals surface area contributed by atoms with Gasteiger partial charge in [0.15, 0.2) is 0 Å². The summed E-state index contributed by atoms with van der Waals surface area (Å²) < 4.78 is 17.9. The van der Waals surface area contributed by atoms with Gasteiger partial charge in [-0.25, -0.2) is 4.98 Å². The molecule has 1 N–H and O–H groups in total. The molecule has 0 radical (unpaired) electrons. The van der Waals surface area contributed by atoms with Crippen molar-refractivity contribution in [2.24, 2.45) is 0 Å². The highest BCUT2D eigenvalue weighted by atomic mass is 32.2. The van der Waals surface area contributed by atoms with E-state index in [0.29, 0.717) is 11.6 Å². The first kappa shape index (κ1) is 18.4. The smallest absolute Gasteiger partial charge is 0.235 e. The summed E-state index contributed by atoms with van der Waals surface area (Å²) in [6.45, 7) is 9.36. The van der Waals surface area contributed by atoms with Gasteiger partial charge in [0.25, 0.3) is 0 Å². The van der Waals surface area contributed by atoms with Crippen molar-refractivity contribution in [1.82, 2.24) is 10.3 Å². The summed E-state index contributed by atoms with van der Waals surface area (Å²) in [7, 11) is -1.36. The van der Waals surface area contributed by atoms with E-state index >= 15 is 0 Å². The lowest BCUT2D eigenvalue weighted by atomic mass is 10.1. The number of carbonyl (C=O) groups is 1. The Balaban J connectivity index is 2.02. The molecule has 130 valence electrons. The second kappa shape index (κ2) is 7.30. The van der Waals surface area contributed by atoms with E-state index in [9.17, 15) is 9.00 Å². The Hall–Kier alpha value is -1.95. The van der Waals surface area contributed by atoms with E-state index in [0.717, 1.165) is 11.1 Å². The van der Waals surface area contributed by atoms with Gasteiger partial charge < -0.3 is 9.73 Å². The highest BCUT2D eigenvalue weighted by Crippen LogP contribution is 2.20. The second-order valence-electron chi connectivity index (χ2n) is 6.92. The van der Waals surface area contributed by atoms with E-state index in [2.05, 4.69) is 10.3 Å². The number of amides is 1. The van der Waals surface area contributed by atoms with E-state index in [1.807, 2.05) is 52.0 Å². The Morgan fingerprint density at radius 3 is 2.50 bits per heavy atom. The highest BCUT2D eigenvalue weighted by Gasteiger charge is 2.24.